The van der Waals surface area contributed by atoms with Gasteiger partial charge in [0.05, 0.1) is 6.10 Å². The molecule has 0 aliphatic heterocycles. The van der Waals surface area contributed by atoms with Crippen molar-refractivity contribution in [2.45, 2.75) is 65.5 Å². The second-order valence-electron chi connectivity index (χ2n) is 6.94. The van der Waals surface area contributed by atoms with E-state index in [0.29, 0.717) is 17.6 Å². The summed E-state index contributed by atoms with van der Waals surface area (Å²) in [4.78, 5) is 0. The Morgan fingerprint density at radius 2 is 2.00 bits per heavy atom. The van der Waals surface area contributed by atoms with E-state index < -0.39 is 0 Å². The molecule has 1 aliphatic rings. The fourth-order valence-electron chi connectivity index (χ4n) is 3.05. The highest BCUT2D eigenvalue weighted by molar-refractivity contribution is 9.10. The van der Waals surface area contributed by atoms with E-state index in [1.807, 2.05) is 0 Å². The van der Waals surface area contributed by atoms with Gasteiger partial charge in [-0.1, -0.05) is 36.7 Å². The molecule has 0 aromatic heterocycles. The van der Waals surface area contributed by atoms with Crippen LogP contribution >= 0.6 is 15.9 Å². The summed E-state index contributed by atoms with van der Waals surface area (Å²) in [6.07, 6.45) is 5.21. The van der Waals surface area contributed by atoms with Crippen LogP contribution in [-0.2, 0) is 0 Å². The highest BCUT2D eigenvalue weighted by Crippen LogP contribution is 2.38. The third kappa shape index (κ3) is 4.72. The van der Waals surface area contributed by atoms with Gasteiger partial charge in [0, 0.05) is 16.1 Å². The molecule has 0 saturated heterocycles. The Labute approximate surface area is 137 Å². The lowest BCUT2D eigenvalue weighted by Crippen LogP contribution is -2.29. The highest BCUT2D eigenvalue weighted by atomic mass is 79.9. The van der Waals surface area contributed by atoms with Crippen molar-refractivity contribution in [3.05, 3.63) is 28.2 Å². The average molecular weight is 354 g/mol. The van der Waals surface area contributed by atoms with Crippen molar-refractivity contribution in [1.29, 1.82) is 0 Å². The van der Waals surface area contributed by atoms with Gasteiger partial charge in [0.2, 0.25) is 0 Å². The van der Waals surface area contributed by atoms with Crippen LogP contribution in [0.2, 0.25) is 0 Å². The predicted octanol–water partition coefficient (Wildman–Crippen LogP) is 5.47. The Morgan fingerprint density at radius 1 is 1.33 bits per heavy atom. The number of ether oxygens (including phenoxy) is 1. The molecule has 1 atom stereocenters. The molecule has 1 fully saturated rings. The number of hydrogen-bond donors (Lipinski definition) is 1. The van der Waals surface area contributed by atoms with Crippen LogP contribution in [0.4, 0.5) is 0 Å². The maximum absolute atomic E-state index is 6.34. The molecule has 118 valence electrons. The molecular formula is C18H28BrNO. The molecule has 0 heterocycles. The predicted molar refractivity (Wildman–Crippen MR) is 92.9 cm³/mol. The highest BCUT2D eigenvalue weighted by Gasteiger charge is 2.28. The van der Waals surface area contributed by atoms with Crippen molar-refractivity contribution < 1.29 is 4.74 Å². The Bertz CT molecular complexity index is 462. The lowest BCUT2D eigenvalue weighted by molar-refractivity contribution is 0.0975. The van der Waals surface area contributed by atoms with E-state index in [-0.39, 0.29) is 0 Å². The van der Waals surface area contributed by atoms with E-state index in [0.717, 1.165) is 29.6 Å². The van der Waals surface area contributed by atoms with Gasteiger partial charge in [0.25, 0.3) is 0 Å². The minimum atomic E-state index is 0.308. The summed E-state index contributed by atoms with van der Waals surface area (Å²) in [6.45, 7) is 10.0. The minimum absolute atomic E-state index is 0.308. The Balaban J connectivity index is 2.09. The van der Waals surface area contributed by atoms with Crippen LogP contribution in [0.3, 0.4) is 0 Å². The molecule has 1 N–H and O–H groups in total. The van der Waals surface area contributed by atoms with E-state index in [1.54, 1.807) is 0 Å². The van der Waals surface area contributed by atoms with E-state index >= 15 is 0 Å². The first kappa shape index (κ1) is 16.8. The molecule has 1 aromatic rings. The number of hydrogen-bond acceptors (Lipinski definition) is 2. The second-order valence-corrected chi connectivity index (χ2v) is 7.86. The quantitative estimate of drug-likeness (QED) is 0.757. The van der Waals surface area contributed by atoms with Crippen molar-refractivity contribution >= 4 is 15.9 Å². The Kier molecular flexibility index (Phi) is 5.73. The van der Waals surface area contributed by atoms with Gasteiger partial charge in [-0.2, -0.15) is 0 Å². The largest absolute Gasteiger partial charge is 0.490 e. The monoisotopic (exact) mass is 353 g/mol. The fourth-order valence-corrected chi connectivity index (χ4v) is 3.43. The molecular weight excluding hydrogens is 326 g/mol. The van der Waals surface area contributed by atoms with Gasteiger partial charge in [-0.3, -0.25) is 0 Å². The van der Waals surface area contributed by atoms with Gasteiger partial charge in [0.1, 0.15) is 5.75 Å². The van der Waals surface area contributed by atoms with Crippen LogP contribution in [0.1, 0.15) is 65.0 Å². The lowest BCUT2D eigenvalue weighted by Gasteiger charge is -2.35. The van der Waals surface area contributed by atoms with Gasteiger partial charge in [0.15, 0.2) is 0 Å². The van der Waals surface area contributed by atoms with E-state index in [9.17, 15) is 0 Å². The molecule has 21 heavy (non-hydrogen) atoms. The summed E-state index contributed by atoms with van der Waals surface area (Å²) in [5.41, 5.74) is 1.73. The molecule has 1 unspecified atom stereocenters. The van der Waals surface area contributed by atoms with Crippen LogP contribution in [0.25, 0.3) is 0 Å². The third-order valence-corrected chi connectivity index (χ3v) is 5.02. The maximum Gasteiger partial charge on any atom is 0.124 e. The van der Waals surface area contributed by atoms with Gasteiger partial charge in [-0.25, -0.2) is 0 Å². The normalized spacial score (nSPS) is 20.2. The number of benzene rings is 1. The van der Waals surface area contributed by atoms with Crippen LogP contribution in [0.15, 0.2) is 22.7 Å². The Morgan fingerprint density at radius 3 is 2.62 bits per heavy atom. The molecule has 0 bridgehead atoms. The van der Waals surface area contributed by atoms with Gasteiger partial charge in [-0.15, -0.1) is 0 Å². The average Bonchev–Trinajstić information content (AvgIpc) is 2.43. The fraction of sp³-hybridized carbons (Fsp3) is 0.667. The zero-order chi connectivity index (χ0) is 15.5. The third-order valence-electron chi connectivity index (χ3n) is 4.53. The summed E-state index contributed by atoms with van der Waals surface area (Å²) in [5.74, 6) is 1.04. The number of nitrogens with one attached hydrogen (secondary N) is 1. The maximum atomic E-state index is 6.34. The van der Waals surface area contributed by atoms with Crippen molar-refractivity contribution in [3.8, 4) is 5.75 Å². The summed E-state index contributed by atoms with van der Waals surface area (Å²) < 4.78 is 7.45. The SMILES string of the molecule is CCNC(C)c1cc(Br)ccc1OC1CCC(C)(C)CC1. The van der Waals surface area contributed by atoms with Crippen LogP contribution in [0, 0.1) is 5.41 Å². The standard InChI is InChI=1S/C18H28BrNO/c1-5-20-13(2)16-12-14(19)6-7-17(16)21-15-8-10-18(3,4)11-9-15/h6-7,12-13,15,20H,5,8-11H2,1-4H3. The number of rotatable bonds is 5. The smallest absolute Gasteiger partial charge is 0.124 e. The van der Waals surface area contributed by atoms with Crippen LogP contribution in [-0.4, -0.2) is 12.6 Å². The van der Waals surface area contributed by atoms with Crippen molar-refractivity contribution in [2.24, 2.45) is 5.41 Å². The number of halogens is 1. The molecule has 1 aromatic carbocycles. The molecule has 0 amide bonds. The van der Waals surface area contributed by atoms with Crippen LogP contribution in [0.5, 0.6) is 5.75 Å². The van der Waals surface area contributed by atoms with Gasteiger partial charge < -0.3 is 10.1 Å². The second kappa shape index (κ2) is 7.15. The molecule has 2 rings (SSSR count). The molecule has 1 aliphatic carbocycles. The zero-order valence-electron chi connectivity index (χ0n) is 13.7. The summed E-state index contributed by atoms with van der Waals surface area (Å²) in [7, 11) is 0. The molecule has 3 heteroatoms. The zero-order valence-corrected chi connectivity index (χ0v) is 15.3. The summed E-state index contributed by atoms with van der Waals surface area (Å²) in [6, 6.07) is 6.66. The van der Waals surface area contributed by atoms with Crippen LogP contribution < -0.4 is 10.1 Å². The van der Waals surface area contributed by atoms with Crippen molar-refractivity contribution in [1.82, 2.24) is 5.32 Å². The van der Waals surface area contributed by atoms with Gasteiger partial charge >= 0.3 is 0 Å². The first-order valence-electron chi connectivity index (χ1n) is 8.11. The molecule has 0 radical (unpaired) electrons. The molecule has 1 saturated carbocycles. The molecule has 0 spiro atoms. The first-order chi connectivity index (χ1) is 9.91. The van der Waals surface area contributed by atoms with E-state index in [2.05, 4.69) is 67.1 Å². The van der Waals surface area contributed by atoms with Crippen molar-refractivity contribution in [2.75, 3.05) is 6.54 Å². The van der Waals surface area contributed by atoms with Crippen molar-refractivity contribution in [3.63, 3.8) is 0 Å². The molecule has 2 nitrogen and oxygen atoms in total. The van der Waals surface area contributed by atoms with E-state index in [4.69, 9.17) is 4.74 Å². The minimum Gasteiger partial charge on any atom is -0.490 e. The summed E-state index contributed by atoms with van der Waals surface area (Å²) >= 11 is 3.57. The first-order valence-corrected chi connectivity index (χ1v) is 8.90. The summed E-state index contributed by atoms with van der Waals surface area (Å²) in [5, 5.41) is 3.48. The Hall–Kier alpha value is -0.540. The topological polar surface area (TPSA) is 21.3 Å². The lowest BCUT2D eigenvalue weighted by atomic mass is 9.76. The van der Waals surface area contributed by atoms with E-state index in [1.165, 1.54) is 18.4 Å². The van der Waals surface area contributed by atoms with Gasteiger partial charge in [-0.05, 0) is 62.8 Å².